The van der Waals surface area contributed by atoms with Crippen molar-refractivity contribution in [1.29, 1.82) is 0 Å². The third kappa shape index (κ3) is 6.17. The average Bonchev–Trinajstić information content (AvgIpc) is 2.11. The second kappa shape index (κ2) is 5.53. The molecule has 6 heteroatoms. The molecule has 0 aromatic heterocycles. The predicted octanol–water partition coefficient (Wildman–Crippen LogP) is 0.926. The third-order valence-corrected chi connectivity index (χ3v) is 2.02. The van der Waals surface area contributed by atoms with Gasteiger partial charge < -0.3 is 15.2 Å². The van der Waals surface area contributed by atoms with E-state index in [1.807, 2.05) is 0 Å². The molecule has 0 saturated heterocycles. The largest absolute Gasteiger partial charge is 0.411 e. The van der Waals surface area contributed by atoms with Crippen LogP contribution in [-0.2, 0) is 4.74 Å². The molecule has 0 spiro atoms. The average molecular weight is 215 g/mol. The van der Waals surface area contributed by atoms with Crippen molar-refractivity contribution in [3.05, 3.63) is 0 Å². The summed E-state index contributed by atoms with van der Waals surface area (Å²) in [6.45, 7) is 0.304. The van der Waals surface area contributed by atoms with Crippen LogP contribution in [0.4, 0.5) is 13.2 Å². The molecule has 0 rings (SSSR count). The number of nitrogens with one attached hydrogen (secondary N) is 1. The van der Waals surface area contributed by atoms with Crippen LogP contribution in [0, 0.1) is 0 Å². The van der Waals surface area contributed by atoms with Crippen molar-refractivity contribution in [3.63, 3.8) is 0 Å². The topological polar surface area (TPSA) is 41.5 Å². The first-order valence-electron chi connectivity index (χ1n) is 4.27. The SMILES string of the molecule is CNC(C)(CO)CCOCC(F)(F)F. The molecule has 0 fully saturated rings. The van der Waals surface area contributed by atoms with Crippen LogP contribution in [-0.4, -0.2) is 43.7 Å². The second-order valence-corrected chi connectivity index (χ2v) is 3.39. The first kappa shape index (κ1) is 13.7. The van der Waals surface area contributed by atoms with Gasteiger partial charge in [0.25, 0.3) is 0 Å². The van der Waals surface area contributed by atoms with Crippen molar-refractivity contribution in [3.8, 4) is 0 Å². The van der Waals surface area contributed by atoms with E-state index in [1.165, 1.54) is 0 Å². The molecule has 0 aromatic carbocycles. The van der Waals surface area contributed by atoms with Crippen molar-refractivity contribution in [1.82, 2.24) is 5.32 Å². The van der Waals surface area contributed by atoms with Gasteiger partial charge >= 0.3 is 6.18 Å². The van der Waals surface area contributed by atoms with Crippen molar-refractivity contribution < 1.29 is 23.0 Å². The molecule has 1 unspecified atom stereocenters. The van der Waals surface area contributed by atoms with E-state index in [0.717, 1.165) is 0 Å². The minimum atomic E-state index is -4.28. The van der Waals surface area contributed by atoms with Gasteiger partial charge in [-0.05, 0) is 20.4 Å². The fraction of sp³-hybridized carbons (Fsp3) is 1.00. The maximum atomic E-state index is 11.6. The molecule has 0 aromatic rings. The lowest BCUT2D eigenvalue weighted by atomic mass is 10.0. The second-order valence-electron chi connectivity index (χ2n) is 3.39. The van der Waals surface area contributed by atoms with Crippen LogP contribution >= 0.6 is 0 Å². The minimum Gasteiger partial charge on any atom is -0.394 e. The lowest BCUT2D eigenvalue weighted by Gasteiger charge is -2.26. The molecule has 1 atom stereocenters. The Kier molecular flexibility index (Phi) is 5.40. The maximum Gasteiger partial charge on any atom is 0.411 e. The van der Waals surface area contributed by atoms with Gasteiger partial charge in [0.1, 0.15) is 6.61 Å². The van der Waals surface area contributed by atoms with Crippen LogP contribution in [0.1, 0.15) is 13.3 Å². The number of hydrogen-bond donors (Lipinski definition) is 2. The first-order chi connectivity index (χ1) is 6.33. The lowest BCUT2D eigenvalue weighted by Crippen LogP contribution is -2.44. The molecule has 0 saturated carbocycles. The van der Waals surface area contributed by atoms with Crippen LogP contribution in [0.2, 0.25) is 0 Å². The van der Waals surface area contributed by atoms with E-state index in [9.17, 15) is 13.2 Å². The fourth-order valence-electron chi connectivity index (χ4n) is 0.768. The van der Waals surface area contributed by atoms with Gasteiger partial charge in [0.05, 0.1) is 6.61 Å². The monoisotopic (exact) mass is 215 g/mol. The molecule has 0 aliphatic carbocycles. The van der Waals surface area contributed by atoms with Crippen molar-refractivity contribution in [2.45, 2.75) is 25.1 Å². The normalized spacial score (nSPS) is 16.7. The number of alkyl halides is 3. The predicted molar refractivity (Wildman–Crippen MR) is 46.0 cm³/mol. The standard InChI is InChI=1S/C8H16F3NO2/c1-7(5-13,12-2)3-4-14-6-8(9,10)11/h12-13H,3-6H2,1-2H3. The summed E-state index contributed by atoms with van der Waals surface area (Å²) in [6.07, 6.45) is -3.95. The lowest BCUT2D eigenvalue weighted by molar-refractivity contribution is -0.175. The Morgan fingerprint density at radius 3 is 2.29 bits per heavy atom. The minimum absolute atomic E-state index is 0.0303. The maximum absolute atomic E-state index is 11.6. The van der Waals surface area contributed by atoms with Gasteiger partial charge in [-0.2, -0.15) is 13.2 Å². The Hall–Kier alpha value is -0.330. The van der Waals surface area contributed by atoms with Crippen molar-refractivity contribution in [2.75, 3.05) is 26.9 Å². The fourth-order valence-corrected chi connectivity index (χ4v) is 0.768. The van der Waals surface area contributed by atoms with Gasteiger partial charge in [0, 0.05) is 12.1 Å². The highest BCUT2D eigenvalue weighted by atomic mass is 19.4. The van der Waals surface area contributed by atoms with Gasteiger partial charge in [-0.25, -0.2) is 0 Å². The van der Waals surface area contributed by atoms with E-state index < -0.39 is 18.3 Å². The highest BCUT2D eigenvalue weighted by molar-refractivity contribution is 4.79. The molecule has 2 N–H and O–H groups in total. The molecular weight excluding hydrogens is 199 g/mol. The number of ether oxygens (including phenoxy) is 1. The van der Waals surface area contributed by atoms with E-state index in [-0.39, 0.29) is 13.2 Å². The van der Waals surface area contributed by atoms with Crippen LogP contribution in [0.15, 0.2) is 0 Å². The highest BCUT2D eigenvalue weighted by Crippen LogP contribution is 2.15. The summed E-state index contributed by atoms with van der Waals surface area (Å²) < 4.78 is 39.4. The molecule has 86 valence electrons. The van der Waals surface area contributed by atoms with Gasteiger partial charge in [-0.1, -0.05) is 0 Å². The summed E-state index contributed by atoms with van der Waals surface area (Å²) >= 11 is 0. The summed E-state index contributed by atoms with van der Waals surface area (Å²) in [6, 6.07) is 0. The number of halogens is 3. The van der Waals surface area contributed by atoms with Gasteiger partial charge in [0.15, 0.2) is 0 Å². The molecule has 14 heavy (non-hydrogen) atoms. The zero-order chi connectivity index (χ0) is 11.2. The Morgan fingerprint density at radius 1 is 1.36 bits per heavy atom. The van der Waals surface area contributed by atoms with Crippen molar-refractivity contribution in [2.24, 2.45) is 0 Å². The van der Waals surface area contributed by atoms with Crippen LogP contribution in [0.25, 0.3) is 0 Å². The molecule has 3 nitrogen and oxygen atoms in total. The van der Waals surface area contributed by atoms with Gasteiger partial charge in [-0.15, -0.1) is 0 Å². The van der Waals surface area contributed by atoms with E-state index in [0.29, 0.717) is 6.42 Å². The summed E-state index contributed by atoms with van der Waals surface area (Å²) in [7, 11) is 1.64. The Balaban J connectivity index is 3.63. The van der Waals surface area contributed by atoms with E-state index >= 15 is 0 Å². The van der Waals surface area contributed by atoms with E-state index in [1.54, 1.807) is 14.0 Å². The summed E-state index contributed by atoms with van der Waals surface area (Å²) in [4.78, 5) is 0. The molecule has 0 aliphatic heterocycles. The number of rotatable bonds is 6. The smallest absolute Gasteiger partial charge is 0.394 e. The molecular formula is C8H16F3NO2. The number of likely N-dealkylation sites (N-methyl/N-ethyl adjacent to an activating group) is 1. The highest BCUT2D eigenvalue weighted by Gasteiger charge is 2.28. The molecule has 0 bridgehead atoms. The van der Waals surface area contributed by atoms with Gasteiger partial charge in [-0.3, -0.25) is 0 Å². The molecule has 0 amide bonds. The van der Waals surface area contributed by atoms with Crippen LogP contribution in [0.3, 0.4) is 0 Å². The zero-order valence-electron chi connectivity index (χ0n) is 8.32. The number of hydrogen-bond acceptors (Lipinski definition) is 3. The van der Waals surface area contributed by atoms with E-state index in [4.69, 9.17) is 5.11 Å². The Bertz CT molecular complexity index is 157. The summed E-state index contributed by atoms with van der Waals surface area (Å²) in [5.41, 5.74) is -0.578. The van der Waals surface area contributed by atoms with Gasteiger partial charge in [0.2, 0.25) is 0 Å². The van der Waals surface area contributed by atoms with Crippen LogP contribution < -0.4 is 5.32 Å². The summed E-state index contributed by atoms with van der Waals surface area (Å²) in [5, 5.41) is 11.7. The number of aliphatic hydroxyl groups is 1. The molecule has 0 radical (unpaired) electrons. The first-order valence-corrected chi connectivity index (χ1v) is 4.27. The Labute approximate surface area is 81.2 Å². The molecule has 0 heterocycles. The van der Waals surface area contributed by atoms with E-state index in [2.05, 4.69) is 10.1 Å². The number of aliphatic hydroxyl groups excluding tert-OH is 1. The van der Waals surface area contributed by atoms with Crippen molar-refractivity contribution >= 4 is 0 Å². The molecule has 0 aliphatic rings. The Morgan fingerprint density at radius 2 is 1.93 bits per heavy atom. The summed E-state index contributed by atoms with van der Waals surface area (Å²) in [5.74, 6) is 0. The van der Waals surface area contributed by atoms with Crippen LogP contribution in [0.5, 0.6) is 0 Å². The zero-order valence-corrected chi connectivity index (χ0v) is 8.32. The quantitative estimate of drug-likeness (QED) is 0.647. The third-order valence-electron chi connectivity index (χ3n) is 2.02.